The average Bonchev–Trinajstić information content (AvgIpc) is 2.90. The molecule has 0 amide bonds. The van der Waals surface area contributed by atoms with E-state index in [4.69, 9.17) is 0 Å². The summed E-state index contributed by atoms with van der Waals surface area (Å²) in [5.41, 5.74) is 3.33. The van der Waals surface area contributed by atoms with Gasteiger partial charge in [0, 0.05) is 16.8 Å². The summed E-state index contributed by atoms with van der Waals surface area (Å²) >= 11 is 1.96. The number of hydrogen-bond acceptors (Lipinski definition) is 2. The number of thiophene rings is 1. The highest BCUT2D eigenvalue weighted by Crippen LogP contribution is 2.39. The molecule has 1 nitrogen and oxygen atoms in total. The summed E-state index contributed by atoms with van der Waals surface area (Å²) in [4.78, 5) is 1.65. The lowest BCUT2D eigenvalue weighted by Gasteiger charge is -2.33. The van der Waals surface area contributed by atoms with E-state index in [2.05, 4.69) is 29.9 Å². The molecule has 1 heterocycles. The Morgan fingerprint density at radius 3 is 2.95 bits per heavy atom. The van der Waals surface area contributed by atoms with Gasteiger partial charge in [0.05, 0.1) is 0 Å². The first-order chi connectivity index (χ1) is 9.90. The molecule has 2 unspecified atom stereocenters. The summed E-state index contributed by atoms with van der Waals surface area (Å²) in [6, 6.07) is 2.96. The van der Waals surface area contributed by atoms with Crippen LogP contribution in [0.3, 0.4) is 0 Å². The second-order valence-electron chi connectivity index (χ2n) is 6.30. The fraction of sp³-hybridized carbons (Fsp3) is 0.667. The molecule has 1 N–H and O–H groups in total. The van der Waals surface area contributed by atoms with Crippen molar-refractivity contribution in [3.8, 4) is 0 Å². The number of allylic oxidation sites excluding steroid dienone is 1. The molecule has 2 aliphatic carbocycles. The van der Waals surface area contributed by atoms with E-state index in [0.717, 1.165) is 0 Å². The molecule has 0 bridgehead atoms. The normalized spacial score (nSPS) is 27.9. The number of nitrogens with one attached hydrogen (secondary N) is 1. The van der Waals surface area contributed by atoms with Crippen LogP contribution >= 0.6 is 11.3 Å². The quantitative estimate of drug-likeness (QED) is 0.769. The van der Waals surface area contributed by atoms with Gasteiger partial charge >= 0.3 is 0 Å². The third-order valence-electron chi connectivity index (χ3n) is 5.04. The van der Waals surface area contributed by atoms with Gasteiger partial charge in [-0.15, -0.1) is 11.3 Å². The van der Waals surface area contributed by atoms with E-state index in [9.17, 15) is 0 Å². The maximum absolute atomic E-state index is 3.66. The van der Waals surface area contributed by atoms with Gasteiger partial charge in [-0.1, -0.05) is 24.5 Å². The van der Waals surface area contributed by atoms with E-state index in [-0.39, 0.29) is 0 Å². The maximum atomic E-state index is 3.66. The van der Waals surface area contributed by atoms with Crippen molar-refractivity contribution in [2.45, 2.75) is 69.7 Å². The van der Waals surface area contributed by atoms with Gasteiger partial charge in [-0.05, 0) is 69.0 Å². The fourth-order valence-electron chi connectivity index (χ4n) is 4.01. The third-order valence-corrected chi connectivity index (χ3v) is 6.03. The molecule has 20 heavy (non-hydrogen) atoms. The van der Waals surface area contributed by atoms with Crippen molar-refractivity contribution in [2.24, 2.45) is 0 Å². The Kier molecular flexibility index (Phi) is 4.95. The van der Waals surface area contributed by atoms with Crippen LogP contribution in [0.1, 0.15) is 67.7 Å². The van der Waals surface area contributed by atoms with Gasteiger partial charge in [-0.3, -0.25) is 0 Å². The van der Waals surface area contributed by atoms with Crippen molar-refractivity contribution in [3.05, 3.63) is 33.5 Å². The Bertz CT molecular complexity index is 460. The summed E-state index contributed by atoms with van der Waals surface area (Å²) in [5.74, 6) is 0.709. The standard InChI is InChI=1S/C18H27NS/c1-19-18(14-8-5-3-2-4-6-9-14)16-10-7-11-17-15(16)12-13-20-17/h8,12-13,16,18-19H,2-7,9-11H2,1H3/b14-8+. The minimum absolute atomic E-state index is 0.571. The summed E-state index contributed by atoms with van der Waals surface area (Å²) in [6.45, 7) is 0. The van der Waals surface area contributed by atoms with Crippen molar-refractivity contribution in [1.29, 1.82) is 0 Å². The smallest absolute Gasteiger partial charge is 0.0346 e. The summed E-state index contributed by atoms with van der Waals surface area (Å²) in [5, 5.41) is 5.95. The van der Waals surface area contributed by atoms with Gasteiger partial charge in [-0.25, -0.2) is 0 Å². The zero-order valence-electron chi connectivity index (χ0n) is 12.7. The minimum atomic E-state index is 0.571. The van der Waals surface area contributed by atoms with E-state index >= 15 is 0 Å². The van der Waals surface area contributed by atoms with Crippen LogP contribution in [0, 0.1) is 0 Å². The molecule has 0 radical (unpaired) electrons. The number of likely N-dealkylation sites (N-methyl/N-ethyl adjacent to an activating group) is 1. The Balaban J connectivity index is 1.83. The molecule has 1 aromatic heterocycles. The molecule has 2 aliphatic rings. The lowest BCUT2D eigenvalue weighted by atomic mass is 9.78. The number of rotatable bonds is 3. The van der Waals surface area contributed by atoms with Crippen molar-refractivity contribution in [3.63, 3.8) is 0 Å². The average molecular weight is 289 g/mol. The second kappa shape index (κ2) is 6.91. The van der Waals surface area contributed by atoms with Gasteiger partial charge in [0.2, 0.25) is 0 Å². The lowest BCUT2D eigenvalue weighted by Crippen LogP contribution is -2.35. The van der Waals surface area contributed by atoms with Crippen molar-refractivity contribution in [2.75, 3.05) is 7.05 Å². The highest BCUT2D eigenvalue weighted by molar-refractivity contribution is 7.10. The van der Waals surface area contributed by atoms with E-state index in [1.54, 1.807) is 16.0 Å². The molecule has 0 aromatic carbocycles. The van der Waals surface area contributed by atoms with Crippen LogP contribution in [-0.2, 0) is 6.42 Å². The molecule has 3 rings (SSSR count). The van der Waals surface area contributed by atoms with E-state index in [1.807, 2.05) is 11.3 Å². The van der Waals surface area contributed by atoms with Crippen LogP contribution in [0.15, 0.2) is 23.1 Å². The third kappa shape index (κ3) is 3.01. The molecule has 110 valence electrons. The van der Waals surface area contributed by atoms with Crippen LogP contribution in [-0.4, -0.2) is 13.1 Å². The Morgan fingerprint density at radius 1 is 1.15 bits per heavy atom. The van der Waals surface area contributed by atoms with Crippen LogP contribution in [0.2, 0.25) is 0 Å². The second-order valence-corrected chi connectivity index (χ2v) is 7.30. The molecule has 0 saturated heterocycles. The van der Waals surface area contributed by atoms with Crippen LogP contribution < -0.4 is 5.32 Å². The summed E-state index contributed by atoms with van der Waals surface area (Å²) in [7, 11) is 2.16. The topological polar surface area (TPSA) is 12.0 Å². The first-order valence-corrected chi connectivity index (χ1v) is 9.20. The van der Waals surface area contributed by atoms with Crippen molar-refractivity contribution >= 4 is 11.3 Å². The SMILES string of the molecule is CNC(/C1=C/CCCCCC1)C1CCCc2sccc21. The van der Waals surface area contributed by atoms with E-state index < -0.39 is 0 Å². The highest BCUT2D eigenvalue weighted by Gasteiger charge is 2.29. The monoisotopic (exact) mass is 289 g/mol. The molecular formula is C18H27NS. The minimum Gasteiger partial charge on any atom is -0.313 e. The Morgan fingerprint density at radius 2 is 2.05 bits per heavy atom. The predicted octanol–water partition coefficient (Wildman–Crippen LogP) is 5.04. The first-order valence-electron chi connectivity index (χ1n) is 8.32. The van der Waals surface area contributed by atoms with Crippen LogP contribution in [0.5, 0.6) is 0 Å². The van der Waals surface area contributed by atoms with Gasteiger partial charge in [0.15, 0.2) is 0 Å². The summed E-state index contributed by atoms with van der Waals surface area (Å²) < 4.78 is 0. The first kappa shape index (κ1) is 14.3. The van der Waals surface area contributed by atoms with Crippen LogP contribution in [0.4, 0.5) is 0 Å². The van der Waals surface area contributed by atoms with Gasteiger partial charge < -0.3 is 5.32 Å². The molecular weight excluding hydrogens is 262 g/mol. The molecule has 1 aromatic rings. The van der Waals surface area contributed by atoms with Gasteiger partial charge in [0.1, 0.15) is 0 Å². The number of hydrogen-bond donors (Lipinski definition) is 1. The van der Waals surface area contributed by atoms with Crippen LogP contribution in [0.25, 0.3) is 0 Å². The lowest BCUT2D eigenvalue weighted by molar-refractivity contribution is 0.439. The zero-order chi connectivity index (χ0) is 13.8. The fourth-order valence-corrected chi connectivity index (χ4v) is 5.01. The Labute approximate surface area is 127 Å². The maximum Gasteiger partial charge on any atom is 0.0346 e. The Hall–Kier alpha value is -0.600. The molecule has 2 heteroatoms. The number of fused-ring (bicyclic) bond motifs is 1. The molecule has 2 atom stereocenters. The highest BCUT2D eigenvalue weighted by atomic mass is 32.1. The van der Waals surface area contributed by atoms with Crippen molar-refractivity contribution < 1.29 is 0 Å². The summed E-state index contributed by atoms with van der Waals surface area (Å²) in [6.07, 6.45) is 14.8. The van der Waals surface area contributed by atoms with Gasteiger partial charge in [-0.2, -0.15) is 0 Å². The molecule has 0 fully saturated rings. The molecule has 0 saturated carbocycles. The number of aryl methyl sites for hydroxylation is 1. The van der Waals surface area contributed by atoms with E-state index in [1.165, 1.54) is 57.8 Å². The van der Waals surface area contributed by atoms with Gasteiger partial charge in [0.25, 0.3) is 0 Å². The van der Waals surface area contributed by atoms with Crippen molar-refractivity contribution in [1.82, 2.24) is 5.32 Å². The zero-order valence-corrected chi connectivity index (χ0v) is 13.5. The van der Waals surface area contributed by atoms with E-state index in [0.29, 0.717) is 12.0 Å². The molecule has 0 aliphatic heterocycles. The largest absolute Gasteiger partial charge is 0.313 e. The predicted molar refractivity (Wildman–Crippen MR) is 88.6 cm³/mol. The molecule has 0 spiro atoms.